The van der Waals surface area contributed by atoms with Crippen molar-refractivity contribution < 1.29 is 9.90 Å². The standard InChI is InChI=1S/C17H24ClNO2/c1-2-3-6-16(13-7-9-15(18)10-8-13)19-11-4-5-14(12-19)17(20)21/h7-10,14,16H,2-6,11-12H2,1H3,(H,20,21). The normalized spacial score (nSPS) is 21.1. The molecule has 1 aliphatic heterocycles. The van der Waals surface area contributed by atoms with E-state index < -0.39 is 5.97 Å². The molecule has 0 amide bonds. The van der Waals surface area contributed by atoms with Crippen LogP contribution in [0.25, 0.3) is 0 Å². The second kappa shape index (κ2) is 7.81. The number of hydrogen-bond acceptors (Lipinski definition) is 2. The summed E-state index contributed by atoms with van der Waals surface area (Å²) in [7, 11) is 0. The number of likely N-dealkylation sites (tertiary alicyclic amines) is 1. The predicted molar refractivity (Wildman–Crippen MR) is 85.7 cm³/mol. The Morgan fingerprint density at radius 2 is 2.14 bits per heavy atom. The average molecular weight is 310 g/mol. The lowest BCUT2D eigenvalue weighted by Crippen LogP contribution is -2.40. The first kappa shape index (κ1) is 16.3. The number of unbranched alkanes of at least 4 members (excludes halogenated alkanes) is 1. The van der Waals surface area contributed by atoms with Crippen molar-refractivity contribution in [2.45, 2.75) is 45.1 Å². The van der Waals surface area contributed by atoms with Crippen molar-refractivity contribution in [1.82, 2.24) is 4.90 Å². The van der Waals surface area contributed by atoms with Crippen LogP contribution in [0.1, 0.15) is 50.6 Å². The summed E-state index contributed by atoms with van der Waals surface area (Å²) < 4.78 is 0. The van der Waals surface area contributed by atoms with Crippen LogP contribution in [0.2, 0.25) is 5.02 Å². The van der Waals surface area contributed by atoms with E-state index in [0.29, 0.717) is 12.6 Å². The van der Waals surface area contributed by atoms with Gasteiger partial charge in [-0.05, 0) is 43.5 Å². The van der Waals surface area contributed by atoms with Crippen LogP contribution in [-0.4, -0.2) is 29.1 Å². The Labute approximate surface area is 131 Å². The van der Waals surface area contributed by atoms with E-state index >= 15 is 0 Å². The van der Waals surface area contributed by atoms with Gasteiger partial charge >= 0.3 is 5.97 Å². The number of piperidine rings is 1. The number of hydrogen-bond donors (Lipinski definition) is 1. The van der Waals surface area contributed by atoms with Gasteiger partial charge in [0.2, 0.25) is 0 Å². The van der Waals surface area contributed by atoms with Gasteiger partial charge in [-0.1, -0.05) is 43.5 Å². The molecule has 2 rings (SSSR count). The Balaban J connectivity index is 2.14. The number of nitrogens with zero attached hydrogens (tertiary/aromatic N) is 1. The molecule has 0 saturated carbocycles. The highest BCUT2D eigenvalue weighted by atomic mass is 35.5. The Morgan fingerprint density at radius 1 is 1.43 bits per heavy atom. The Kier molecular flexibility index (Phi) is 6.07. The van der Waals surface area contributed by atoms with Crippen LogP contribution < -0.4 is 0 Å². The van der Waals surface area contributed by atoms with Crippen LogP contribution >= 0.6 is 11.6 Å². The lowest BCUT2D eigenvalue weighted by molar-refractivity contribution is -0.144. The van der Waals surface area contributed by atoms with Crippen LogP contribution in [0, 0.1) is 5.92 Å². The second-order valence-corrected chi connectivity index (χ2v) is 6.32. The Hall–Kier alpha value is -1.06. The van der Waals surface area contributed by atoms with E-state index in [1.54, 1.807) is 0 Å². The van der Waals surface area contributed by atoms with Gasteiger partial charge in [-0.15, -0.1) is 0 Å². The maximum atomic E-state index is 11.3. The van der Waals surface area contributed by atoms with Crippen LogP contribution in [-0.2, 0) is 4.79 Å². The van der Waals surface area contributed by atoms with Gasteiger partial charge in [0.05, 0.1) is 5.92 Å². The second-order valence-electron chi connectivity index (χ2n) is 5.88. The Bertz CT molecular complexity index is 460. The average Bonchev–Trinajstić information content (AvgIpc) is 2.49. The fraction of sp³-hybridized carbons (Fsp3) is 0.588. The van der Waals surface area contributed by atoms with Crippen molar-refractivity contribution in [3.8, 4) is 0 Å². The molecule has 1 heterocycles. The zero-order chi connectivity index (χ0) is 15.2. The number of halogens is 1. The number of benzene rings is 1. The molecule has 0 spiro atoms. The van der Waals surface area contributed by atoms with Crippen molar-refractivity contribution in [1.29, 1.82) is 0 Å². The zero-order valence-electron chi connectivity index (χ0n) is 12.6. The summed E-state index contributed by atoms with van der Waals surface area (Å²) in [5.74, 6) is -0.889. The molecule has 0 bridgehead atoms. The van der Waals surface area contributed by atoms with E-state index in [2.05, 4.69) is 24.0 Å². The summed E-state index contributed by atoms with van der Waals surface area (Å²) >= 11 is 5.98. The highest BCUT2D eigenvalue weighted by molar-refractivity contribution is 6.30. The lowest BCUT2D eigenvalue weighted by atomic mass is 9.92. The molecule has 1 saturated heterocycles. The summed E-state index contributed by atoms with van der Waals surface area (Å²) in [6.45, 7) is 3.84. The van der Waals surface area contributed by atoms with E-state index in [-0.39, 0.29) is 5.92 Å². The van der Waals surface area contributed by atoms with E-state index in [1.165, 1.54) is 5.56 Å². The molecule has 0 aromatic heterocycles. The molecule has 116 valence electrons. The minimum atomic E-state index is -0.662. The summed E-state index contributed by atoms with van der Waals surface area (Å²) in [5, 5.41) is 10.0. The van der Waals surface area contributed by atoms with Gasteiger partial charge in [0.15, 0.2) is 0 Å². The zero-order valence-corrected chi connectivity index (χ0v) is 13.4. The van der Waals surface area contributed by atoms with Gasteiger partial charge in [0.1, 0.15) is 0 Å². The monoisotopic (exact) mass is 309 g/mol. The van der Waals surface area contributed by atoms with Crippen LogP contribution in [0.4, 0.5) is 0 Å². The molecule has 4 heteroatoms. The molecule has 0 aliphatic carbocycles. The van der Waals surface area contributed by atoms with E-state index in [9.17, 15) is 9.90 Å². The van der Waals surface area contributed by atoms with Crippen molar-refractivity contribution >= 4 is 17.6 Å². The van der Waals surface area contributed by atoms with Gasteiger partial charge in [0, 0.05) is 17.6 Å². The molecular formula is C17H24ClNO2. The molecule has 1 aromatic rings. The van der Waals surface area contributed by atoms with Crippen LogP contribution in [0.5, 0.6) is 0 Å². The number of aliphatic carboxylic acids is 1. The molecule has 3 nitrogen and oxygen atoms in total. The smallest absolute Gasteiger partial charge is 0.307 e. The van der Waals surface area contributed by atoms with Gasteiger partial charge < -0.3 is 5.11 Å². The van der Waals surface area contributed by atoms with Crippen molar-refractivity contribution in [2.24, 2.45) is 5.92 Å². The fourth-order valence-corrected chi connectivity index (χ4v) is 3.26. The third-order valence-corrected chi connectivity index (χ3v) is 4.58. The van der Waals surface area contributed by atoms with E-state index in [0.717, 1.165) is 43.7 Å². The molecular weight excluding hydrogens is 286 g/mol. The minimum Gasteiger partial charge on any atom is -0.481 e. The molecule has 0 radical (unpaired) electrons. The number of rotatable bonds is 6. The van der Waals surface area contributed by atoms with Crippen molar-refractivity contribution in [3.05, 3.63) is 34.9 Å². The summed E-state index contributed by atoms with van der Waals surface area (Å²) in [5.41, 5.74) is 1.25. The molecule has 2 unspecified atom stereocenters. The third-order valence-electron chi connectivity index (χ3n) is 4.33. The van der Waals surface area contributed by atoms with E-state index in [4.69, 9.17) is 11.6 Å². The van der Waals surface area contributed by atoms with Gasteiger partial charge in [-0.25, -0.2) is 0 Å². The molecule has 2 atom stereocenters. The number of carboxylic acids is 1. The quantitative estimate of drug-likeness (QED) is 0.848. The highest BCUT2D eigenvalue weighted by Crippen LogP contribution is 2.31. The maximum Gasteiger partial charge on any atom is 0.307 e. The van der Waals surface area contributed by atoms with Crippen molar-refractivity contribution in [2.75, 3.05) is 13.1 Å². The first-order valence-corrected chi connectivity index (χ1v) is 8.22. The highest BCUT2D eigenvalue weighted by Gasteiger charge is 2.30. The number of carboxylic acid groups (broad SMARTS) is 1. The minimum absolute atomic E-state index is 0.227. The topological polar surface area (TPSA) is 40.5 Å². The summed E-state index contributed by atoms with van der Waals surface area (Å²) in [6.07, 6.45) is 5.15. The van der Waals surface area contributed by atoms with Crippen molar-refractivity contribution in [3.63, 3.8) is 0 Å². The first-order valence-electron chi connectivity index (χ1n) is 7.84. The summed E-state index contributed by atoms with van der Waals surface area (Å²) in [4.78, 5) is 13.6. The van der Waals surface area contributed by atoms with Gasteiger partial charge in [-0.3, -0.25) is 9.69 Å². The Morgan fingerprint density at radius 3 is 2.76 bits per heavy atom. The largest absolute Gasteiger partial charge is 0.481 e. The first-order chi connectivity index (χ1) is 10.1. The SMILES string of the molecule is CCCCC(c1ccc(Cl)cc1)N1CCCC(C(=O)O)C1. The van der Waals surface area contributed by atoms with Crippen LogP contribution in [0.3, 0.4) is 0 Å². The van der Waals surface area contributed by atoms with Gasteiger partial charge in [0.25, 0.3) is 0 Å². The van der Waals surface area contributed by atoms with E-state index in [1.807, 2.05) is 12.1 Å². The van der Waals surface area contributed by atoms with Gasteiger partial charge in [-0.2, -0.15) is 0 Å². The summed E-state index contributed by atoms with van der Waals surface area (Å²) in [6, 6.07) is 8.31. The number of carbonyl (C=O) groups is 1. The third kappa shape index (κ3) is 4.45. The fourth-order valence-electron chi connectivity index (χ4n) is 3.13. The molecule has 1 fully saturated rings. The predicted octanol–water partition coefficient (Wildman–Crippen LogP) is 4.37. The molecule has 21 heavy (non-hydrogen) atoms. The molecule has 1 aromatic carbocycles. The van der Waals surface area contributed by atoms with Crippen LogP contribution in [0.15, 0.2) is 24.3 Å². The lowest BCUT2D eigenvalue weighted by Gasteiger charge is -2.37. The molecule has 1 N–H and O–H groups in total. The maximum absolute atomic E-state index is 11.3. The molecule has 1 aliphatic rings.